The fraction of sp³-hybridized carbons (Fsp3) is 0.263. The van der Waals surface area contributed by atoms with E-state index in [1.54, 1.807) is 30.3 Å². The van der Waals surface area contributed by atoms with Crippen molar-refractivity contribution in [2.24, 2.45) is 5.92 Å². The lowest BCUT2D eigenvalue weighted by atomic mass is 9.80. The van der Waals surface area contributed by atoms with Gasteiger partial charge in [-0.3, -0.25) is 9.59 Å². The fourth-order valence-electron chi connectivity index (χ4n) is 2.91. The van der Waals surface area contributed by atoms with Crippen LogP contribution in [0.2, 0.25) is 0 Å². The summed E-state index contributed by atoms with van der Waals surface area (Å²) in [6.07, 6.45) is 0.792. The van der Waals surface area contributed by atoms with Crippen molar-refractivity contribution in [3.8, 4) is 0 Å². The number of hydrogen-bond donors (Lipinski definition) is 2. The summed E-state index contributed by atoms with van der Waals surface area (Å²) in [5.74, 6) is -1.81. The summed E-state index contributed by atoms with van der Waals surface area (Å²) in [7, 11) is -3.57. The molecule has 2 aromatic rings. The molecule has 6 nitrogen and oxygen atoms in total. The van der Waals surface area contributed by atoms with Crippen LogP contribution in [0.5, 0.6) is 0 Å². The van der Waals surface area contributed by atoms with Crippen LogP contribution in [0.4, 0.5) is 0 Å². The van der Waals surface area contributed by atoms with Gasteiger partial charge in [0, 0.05) is 11.6 Å². The number of amides is 1. The van der Waals surface area contributed by atoms with Crippen molar-refractivity contribution in [2.45, 2.75) is 29.5 Å². The van der Waals surface area contributed by atoms with E-state index >= 15 is 0 Å². The normalized spacial score (nSPS) is 19.4. The average Bonchev–Trinajstić information content (AvgIpc) is 2.58. The van der Waals surface area contributed by atoms with Crippen molar-refractivity contribution in [3.63, 3.8) is 0 Å². The first kappa shape index (κ1) is 18.1. The van der Waals surface area contributed by atoms with E-state index < -0.39 is 27.6 Å². The Hall–Kier alpha value is -2.67. The summed E-state index contributed by atoms with van der Waals surface area (Å²) in [5.41, 5.74) is 0.925. The number of nitrogens with one attached hydrogen (secondary N) is 1. The van der Waals surface area contributed by atoms with Gasteiger partial charge in [0.25, 0.3) is 5.91 Å². The zero-order valence-corrected chi connectivity index (χ0v) is 14.8. The number of benzene rings is 2. The first-order chi connectivity index (χ1) is 12.3. The smallest absolute Gasteiger partial charge is 0.306 e. The van der Waals surface area contributed by atoms with Crippen LogP contribution in [0.25, 0.3) is 0 Å². The standard InChI is InChI=1S/C19H19NO5S/c21-18(20-16-9-15(10-16)19(22)23)14-7-4-8-17(11-14)26(24,25)12-13-5-2-1-3-6-13/h1-8,11,15-16H,9-10,12H2,(H,20,21)(H,22,23). The highest BCUT2D eigenvalue weighted by Gasteiger charge is 2.35. The van der Waals surface area contributed by atoms with Gasteiger partial charge in [-0.2, -0.15) is 0 Å². The molecular formula is C19H19NO5S. The number of carboxylic acids is 1. The van der Waals surface area contributed by atoms with E-state index in [1.807, 2.05) is 6.07 Å². The largest absolute Gasteiger partial charge is 0.481 e. The minimum Gasteiger partial charge on any atom is -0.481 e. The maximum atomic E-state index is 12.6. The Labute approximate surface area is 151 Å². The molecular weight excluding hydrogens is 354 g/mol. The van der Waals surface area contributed by atoms with Gasteiger partial charge in [0.2, 0.25) is 0 Å². The molecule has 0 radical (unpaired) electrons. The first-order valence-electron chi connectivity index (χ1n) is 8.25. The van der Waals surface area contributed by atoms with Gasteiger partial charge < -0.3 is 10.4 Å². The molecule has 3 rings (SSSR count). The van der Waals surface area contributed by atoms with Gasteiger partial charge in [-0.15, -0.1) is 0 Å². The van der Waals surface area contributed by atoms with Crippen LogP contribution in [0.15, 0.2) is 59.5 Å². The Morgan fingerprint density at radius 1 is 1.04 bits per heavy atom. The Bertz CT molecular complexity index is 918. The molecule has 26 heavy (non-hydrogen) atoms. The maximum Gasteiger partial charge on any atom is 0.306 e. The van der Waals surface area contributed by atoms with Crippen molar-refractivity contribution >= 4 is 21.7 Å². The van der Waals surface area contributed by atoms with E-state index in [4.69, 9.17) is 5.11 Å². The summed E-state index contributed by atoms with van der Waals surface area (Å²) in [6, 6.07) is 14.6. The van der Waals surface area contributed by atoms with Crippen molar-refractivity contribution in [3.05, 3.63) is 65.7 Å². The highest BCUT2D eigenvalue weighted by Crippen LogP contribution is 2.27. The molecule has 7 heteroatoms. The molecule has 1 saturated carbocycles. The molecule has 1 amide bonds. The third-order valence-corrected chi connectivity index (χ3v) is 6.16. The SMILES string of the molecule is O=C(NC1CC(C(=O)O)C1)c1cccc(S(=O)(=O)Cc2ccccc2)c1. The minimum atomic E-state index is -3.57. The Morgan fingerprint density at radius 2 is 1.73 bits per heavy atom. The number of carboxylic acid groups (broad SMARTS) is 1. The Morgan fingerprint density at radius 3 is 2.38 bits per heavy atom. The fourth-order valence-corrected chi connectivity index (χ4v) is 4.30. The first-order valence-corrected chi connectivity index (χ1v) is 9.91. The minimum absolute atomic E-state index is 0.0889. The van der Waals surface area contributed by atoms with Crippen LogP contribution in [0, 0.1) is 5.92 Å². The second kappa shape index (κ2) is 7.29. The van der Waals surface area contributed by atoms with Crippen molar-refractivity contribution in [1.29, 1.82) is 0 Å². The highest BCUT2D eigenvalue weighted by atomic mass is 32.2. The van der Waals surface area contributed by atoms with E-state index in [9.17, 15) is 18.0 Å². The molecule has 0 aromatic heterocycles. The van der Waals surface area contributed by atoms with Crippen molar-refractivity contribution in [2.75, 3.05) is 0 Å². The van der Waals surface area contributed by atoms with Gasteiger partial charge in [-0.1, -0.05) is 36.4 Å². The predicted octanol–water partition coefficient (Wildman–Crippen LogP) is 2.25. The third-order valence-electron chi connectivity index (χ3n) is 4.48. The van der Waals surface area contributed by atoms with Crippen molar-refractivity contribution in [1.82, 2.24) is 5.32 Å². The van der Waals surface area contributed by atoms with Crippen LogP contribution in [0.3, 0.4) is 0 Å². The monoisotopic (exact) mass is 373 g/mol. The zero-order chi connectivity index (χ0) is 18.7. The molecule has 1 aliphatic rings. The van der Waals surface area contributed by atoms with Gasteiger partial charge in [0.15, 0.2) is 9.84 Å². The van der Waals surface area contributed by atoms with E-state index in [-0.39, 0.29) is 22.3 Å². The molecule has 136 valence electrons. The number of rotatable bonds is 6. The average molecular weight is 373 g/mol. The summed E-state index contributed by atoms with van der Waals surface area (Å²) >= 11 is 0. The third kappa shape index (κ3) is 4.11. The molecule has 0 saturated heterocycles. The van der Waals surface area contributed by atoms with Gasteiger partial charge >= 0.3 is 5.97 Å². The molecule has 2 aromatic carbocycles. The summed E-state index contributed by atoms with van der Waals surface area (Å²) in [4.78, 5) is 23.2. The second-order valence-electron chi connectivity index (χ2n) is 6.45. The summed E-state index contributed by atoms with van der Waals surface area (Å²) in [6.45, 7) is 0. The molecule has 1 aliphatic carbocycles. The molecule has 0 unspecified atom stereocenters. The molecule has 2 N–H and O–H groups in total. The van der Waals surface area contributed by atoms with Gasteiger partial charge in [-0.25, -0.2) is 8.42 Å². The molecule has 0 aliphatic heterocycles. The molecule has 1 fully saturated rings. The topological polar surface area (TPSA) is 101 Å². The Balaban J connectivity index is 1.70. The number of sulfone groups is 1. The maximum absolute atomic E-state index is 12.6. The Kier molecular flexibility index (Phi) is 5.08. The van der Waals surface area contributed by atoms with E-state index in [1.165, 1.54) is 18.2 Å². The van der Waals surface area contributed by atoms with Crippen LogP contribution in [-0.4, -0.2) is 31.4 Å². The number of carbonyl (C=O) groups is 2. The number of carbonyl (C=O) groups excluding carboxylic acids is 1. The second-order valence-corrected chi connectivity index (χ2v) is 8.44. The lowest BCUT2D eigenvalue weighted by molar-refractivity contribution is -0.145. The highest BCUT2D eigenvalue weighted by molar-refractivity contribution is 7.90. The summed E-state index contributed by atoms with van der Waals surface area (Å²) < 4.78 is 25.2. The summed E-state index contributed by atoms with van der Waals surface area (Å²) in [5, 5.41) is 11.6. The van der Waals surface area contributed by atoms with Crippen molar-refractivity contribution < 1.29 is 23.1 Å². The lowest BCUT2D eigenvalue weighted by Crippen LogP contribution is -2.46. The van der Waals surface area contributed by atoms with Crippen LogP contribution in [0.1, 0.15) is 28.8 Å². The van der Waals surface area contributed by atoms with E-state index in [0.717, 1.165) is 0 Å². The van der Waals surface area contributed by atoms with Crippen LogP contribution in [-0.2, 0) is 20.4 Å². The van der Waals surface area contributed by atoms with Gasteiger partial charge in [0.05, 0.1) is 16.6 Å². The zero-order valence-electron chi connectivity index (χ0n) is 14.0. The quantitative estimate of drug-likeness (QED) is 0.809. The molecule has 0 spiro atoms. The number of aliphatic carboxylic acids is 1. The van der Waals surface area contributed by atoms with Crippen LogP contribution >= 0.6 is 0 Å². The molecule has 0 atom stereocenters. The lowest BCUT2D eigenvalue weighted by Gasteiger charge is -2.32. The van der Waals surface area contributed by atoms with Gasteiger partial charge in [-0.05, 0) is 36.6 Å². The predicted molar refractivity (Wildman–Crippen MR) is 95.4 cm³/mol. The van der Waals surface area contributed by atoms with E-state index in [2.05, 4.69) is 5.32 Å². The van der Waals surface area contributed by atoms with Gasteiger partial charge in [0.1, 0.15) is 0 Å². The number of hydrogen-bond acceptors (Lipinski definition) is 4. The molecule has 0 heterocycles. The molecule has 0 bridgehead atoms. The van der Waals surface area contributed by atoms with E-state index in [0.29, 0.717) is 18.4 Å². The van der Waals surface area contributed by atoms with Crippen LogP contribution < -0.4 is 5.32 Å².